The van der Waals surface area contributed by atoms with Gasteiger partial charge in [-0.15, -0.1) is 0 Å². The number of aliphatic hydroxyl groups excluding tert-OH is 1. The van der Waals surface area contributed by atoms with Gasteiger partial charge < -0.3 is 9.84 Å². The quantitative estimate of drug-likeness (QED) is 0.602. The molecule has 11 heavy (non-hydrogen) atoms. The van der Waals surface area contributed by atoms with Gasteiger partial charge in [-0.3, -0.25) is 0 Å². The zero-order valence-electron chi connectivity index (χ0n) is 6.96. The lowest BCUT2D eigenvalue weighted by atomic mass is 9.79. The molecule has 1 unspecified atom stereocenters. The molecule has 0 aliphatic carbocycles. The van der Waals surface area contributed by atoms with Crippen LogP contribution in [0.4, 0.5) is 0 Å². The molecule has 0 aromatic carbocycles. The molecule has 1 saturated heterocycles. The van der Waals surface area contributed by atoms with Crippen LogP contribution in [0.3, 0.4) is 0 Å². The molecule has 64 valence electrons. The molecule has 0 radical (unpaired) electrons. The minimum absolute atomic E-state index is 0.308. The van der Waals surface area contributed by atoms with Crippen LogP contribution < -0.4 is 0 Å². The van der Waals surface area contributed by atoms with E-state index in [-0.39, 0.29) is 5.41 Å². The fourth-order valence-electron chi connectivity index (χ4n) is 1.46. The van der Waals surface area contributed by atoms with Crippen molar-refractivity contribution in [2.45, 2.75) is 32.8 Å². The van der Waals surface area contributed by atoms with E-state index in [1.807, 2.05) is 13.8 Å². The molecule has 0 aromatic heterocycles. The van der Waals surface area contributed by atoms with E-state index in [4.69, 9.17) is 4.74 Å². The van der Waals surface area contributed by atoms with Gasteiger partial charge in [0.2, 0.25) is 0 Å². The summed E-state index contributed by atoms with van der Waals surface area (Å²) >= 11 is 0. The van der Waals surface area contributed by atoms with Crippen LogP contribution in [0.1, 0.15) is 26.7 Å². The number of esters is 1. The maximum absolute atomic E-state index is 10.8. The molecular formula is C8H14O3. The number of rotatable bonds is 2. The molecule has 0 aromatic rings. The summed E-state index contributed by atoms with van der Waals surface area (Å²) in [6.07, 6.45) is 0.671. The lowest BCUT2D eigenvalue weighted by Crippen LogP contribution is -2.34. The predicted octanol–water partition coefficient (Wildman–Crippen LogP) is 0.710. The molecule has 3 nitrogen and oxygen atoms in total. The first-order valence-electron chi connectivity index (χ1n) is 4.01. The van der Waals surface area contributed by atoms with Gasteiger partial charge in [0.1, 0.15) is 6.61 Å². The van der Waals surface area contributed by atoms with E-state index >= 15 is 0 Å². The summed E-state index contributed by atoms with van der Waals surface area (Å²) in [4.78, 5) is 10.8. The van der Waals surface area contributed by atoms with Crippen LogP contribution in [-0.2, 0) is 9.53 Å². The summed E-state index contributed by atoms with van der Waals surface area (Å²) in [7, 11) is 0. The number of cyclic esters (lactones) is 1. The Morgan fingerprint density at radius 1 is 1.64 bits per heavy atom. The van der Waals surface area contributed by atoms with Gasteiger partial charge in [-0.1, -0.05) is 13.8 Å². The van der Waals surface area contributed by atoms with Gasteiger partial charge in [0, 0.05) is 5.41 Å². The first-order chi connectivity index (χ1) is 5.16. The van der Waals surface area contributed by atoms with Gasteiger partial charge in [-0.05, 0) is 12.8 Å². The Morgan fingerprint density at radius 2 is 2.18 bits per heavy atom. The molecule has 1 aliphatic rings. The summed E-state index contributed by atoms with van der Waals surface area (Å²) in [6.45, 7) is 4.31. The van der Waals surface area contributed by atoms with E-state index in [9.17, 15) is 9.90 Å². The number of carbonyl (C=O) groups is 1. The molecule has 1 fully saturated rings. The predicted molar refractivity (Wildman–Crippen MR) is 40.0 cm³/mol. The van der Waals surface area contributed by atoms with Crippen LogP contribution in [0.2, 0.25) is 0 Å². The number of aliphatic hydroxyl groups is 1. The van der Waals surface area contributed by atoms with Crippen molar-refractivity contribution in [2.24, 2.45) is 5.41 Å². The van der Waals surface area contributed by atoms with Crippen molar-refractivity contribution in [1.29, 1.82) is 0 Å². The molecule has 0 saturated carbocycles. The highest BCUT2D eigenvalue weighted by atomic mass is 16.6. The van der Waals surface area contributed by atoms with Crippen molar-refractivity contribution in [3.05, 3.63) is 0 Å². The Hall–Kier alpha value is -0.570. The summed E-state index contributed by atoms with van der Waals surface area (Å²) in [5.41, 5.74) is -0.308. The van der Waals surface area contributed by atoms with E-state index < -0.39 is 12.1 Å². The normalized spacial score (nSPS) is 28.6. The second kappa shape index (κ2) is 2.81. The smallest absolute Gasteiger partial charge is 0.335 e. The standard InChI is InChI=1S/C8H14O3/c1-3-8(4-2)5-11-7(10)6(8)9/h6,9H,3-5H2,1-2H3. The molecule has 1 rings (SSSR count). The Morgan fingerprint density at radius 3 is 2.36 bits per heavy atom. The summed E-state index contributed by atoms with van der Waals surface area (Å²) in [5.74, 6) is -0.464. The molecule has 1 N–H and O–H groups in total. The van der Waals surface area contributed by atoms with Crippen LogP contribution in [0.25, 0.3) is 0 Å². The van der Waals surface area contributed by atoms with E-state index in [1.54, 1.807) is 0 Å². The molecule has 1 aliphatic heterocycles. The highest BCUT2D eigenvalue weighted by Gasteiger charge is 2.46. The van der Waals surface area contributed by atoms with Crippen molar-refractivity contribution in [1.82, 2.24) is 0 Å². The summed E-state index contributed by atoms with van der Waals surface area (Å²) in [5, 5.41) is 9.43. The molecule has 1 atom stereocenters. The van der Waals surface area contributed by atoms with Crippen molar-refractivity contribution >= 4 is 5.97 Å². The van der Waals surface area contributed by atoms with Gasteiger partial charge in [0.15, 0.2) is 6.10 Å². The highest BCUT2D eigenvalue weighted by molar-refractivity contribution is 5.77. The van der Waals surface area contributed by atoms with Crippen molar-refractivity contribution < 1.29 is 14.6 Å². The monoisotopic (exact) mass is 158 g/mol. The Bertz CT molecular complexity index is 161. The zero-order chi connectivity index (χ0) is 8.48. The zero-order valence-corrected chi connectivity index (χ0v) is 6.96. The van der Waals surface area contributed by atoms with E-state index in [0.29, 0.717) is 6.61 Å². The molecule has 1 heterocycles. The summed E-state index contributed by atoms with van der Waals surface area (Å²) in [6, 6.07) is 0. The Kier molecular flexibility index (Phi) is 2.18. The lowest BCUT2D eigenvalue weighted by Gasteiger charge is -2.25. The number of ether oxygens (including phenoxy) is 1. The van der Waals surface area contributed by atoms with E-state index in [0.717, 1.165) is 12.8 Å². The number of hydrogen-bond donors (Lipinski definition) is 1. The largest absolute Gasteiger partial charge is 0.463 e. The third-order valence-electron chi connectivity index (χ3n) is 2.71. The van der Waals surface area contributed by atoms with Crippen molar-refractivity contribution in [3.8, 4) is 0 Å². The van der Waals surface area contributed by atoms with Gasteiger partial charge in [-0.25, -0.2) is 4.79 Å². The van der Waals surface area contributed by atoms with Crippen molar-refractivity contribution in [3.63, 3.8) is 0 Å². The van der Waals surface area contributed by atoms with Crippen LogP contribution in [0.15, 0.2) is 0 Å². The molecule has 0 spiro atoms. The first kappa shape index (κ1) is 8.53. The van der Waals surface area contributed by atoms with Crippen LogP contribution in [0.5, 0.6) is 0 Å². The fraction of sp³-hybridized carbons (Fsp3) is 0.875. The molecular weight excluding hydrogens is 144 g/mol. The average Bonchev–Trinajstić information content (AvgIpc) is 2.32. The second-order valence-electron chi connectivity index (χ2n) is 3.08. The maximum atomic E-state index is 10.8. The molecule has 0 amide bonds. The van der Waals surface area contributed by atoms with E-state index in [2.05, 4.69) is 0 Å². The number of carbonyl (C=O) groups excluding carboxylic acids is 1. The second-order valence-corrected chi connectivity index (χ2v) is 3.08. The fourth-order valence-corrected chi connectivity index (χ4v) is 1.46. The SMILES string of the molecule is CCC1(CC)COC(=O)C1O. The van der Waals surface area contributed by atoms with Gasteiger partial charge in [0.25, 0.3) is 0 Å². The highest BCUT2D eigenvalue weighted by Crippen LogP contribution is 2.36. The van der Waals surface area contributed by atoms with Gasteiger partial charge >= 0.3 is 5.97 Å². The third kappa shape index (κ3) is 1.13. The van der Waals surface area contributed by atoms with Gasteiger partial charge in [0.05, 0.1) is 0 Å². The third-order valence-corrected chi connectivity index (χ3v) is 2.71. The van der Waals surface area contributed by atoms with Crippen LogP contribution in [-0.4, -0.2) is 23.8 Å². The van der Waals surface area contributed by atoms with Gasteiger partial charge in [-0.2, -0.15) is 0 Å². The maximum Gasteiger partial charge on any atom is 0.335 e. The number of hydrogen-bond acceptors (Lipinski definition) is 3. The lowest BCUT2D eigenvalue weighted by molar-refractivity contribution is -0.145. The van der Waals surface area contributed by atoms with Crippen LogP contribution in [0, 0.1) is 5.41 Å². The molecule has 0 bridgehead atoms. The van der Waals surface area contributed by atoms with E-state index in [1.165, 1.54) is 0 Å². The van der Waals surface area contributed by atoms with Crippen molar-refractivity contribution in [2.75, 3.05) is 6.61 Å². The Labute approximate surface area is 66.4 Å². The van der Waals surface area contributed by atoms with Crippen LogP contribution >= 0.6 is 0 Å². The first-order valence-corrected chi connectivity index (χ1v) is 4.01. The summed E-state index contributed by atoms with van der Waals surface area (Å²) < 4.78 is 4.77. The topological polar surface area (TPSA) is 46.5 Å². The minimum Gasteiger partial charge on any atom is -0.463 e. The average molecular weight is 158 g/mol. The minimum atomic E-state index is -0.905. The Balaban J connectivity index is 2.77. The molecule has 3 heteroatoms.